The summed E-state index contributed by atoms with van der Waals surface area (Å²) in [6.07, 6.45) is 6.27. The summed E-state index contributed by atoms with van der Waals surface area (Å²) < 4.78 is 5.88. The van der Waals surface area contributed by atoms with Crippen LogP contribution in [0.25, 0.3) is 0 Å². The molecule has 146 valence electrons. The van der Waals surface area contributed by atoms with E-state index < -0.39 is 5.60 Å². The van der Waals surface area contributed by atoms with Gasteiger partial charge in [0.25, 0.3) is 0 Å². The Labute approximate surface area is 160 Å². The number of ether oxygens (including phenoxy) is 1. The first-order valence-electron chi connectivity index (χ1n) is 10.4. The quantitative estimate of drug-likeness (QED) is 0.710. The molecule has 0 radical (unpaired) electrons. The monoisotopic (exact) mass is 358 g/mol. The highest BCUT2D eigenvalue weighted by molar-refractivity contribution is 5.57. The summed E-state index contributed by atoms with van der Waals surface area (Å²) in [5.41, 5.74) is 4.95. The Balaban J connectivity index is 2.32. The van der Waals surface area contributed by atoms with Crippen LogP contribution < -0.4 is 4.74 Å². The van der Waals surface area contributed by atoms with E-state index in [-0.39, 0.29) is 5.41 Å². The average molecular weight is 359 g/mol. The lowest BCUT2D eigenvalue weighted by Gasteiger charge is -2.55. The predicted octanol–water partition coefficient (Wildman–Crippen LogP) is 6.08. The van der Waals surface area contributed by atoms with Gasteiger partial charge in [-0.2, -0.15) is 0 Å². The maximum Gasteiger partial charge on any atom is 0.128 e. The summed E-state index contributed by atoms with van der Waals surface area (Å²) in [6.45, 7) is 15.7. The Morgan fingerprint density at radius 3 is 2.38 bits per heavy atom. The highest BCUT2D eigenvalue weighted by Crippen LogP contribution is 2.59. The minimum atomic E-state index is -0.905. The Kier molecular flexibility index (Phi) is 4.75. The van der Waals surface area contributed by atoms with Crippen LogP contribution in [0.4, 0.5) is 0 Å². The van der Waals surface area contributed by atoms with E-state index in [0.29, 0.717) is 17.3 Å². The first kappa shape index (κ1) is 19.7. The van der Waals surface area contributed by atoms with E-state index in [4.69, 9.17) is 4.74 Å². The number of hydrogen-bond acceptors (Lipinski definition) is 2. The van der Waals surface area contributed by atoms with E-state index in [1.54, 1.807) is 7.11 Å². The first-order valence-corrected chi connectivity index (χ1v) is 10.4. The van der Waals surface area contributed by atoms with Gasteiger partial charge in [-0.15, -0.1) is 0 Å². The van der Waals surface area contributed by atoms with Crippen molar-refractivity contribution in [3.63, 3.8) is 0 Å². The first-order chi connectivity index (χ1) is 11.9. The van der Waals surface area contributed by atoms with E-state index in [9.17, 15) is 5.11 Å². The molecule has 0 saturated heterocycles. The van der Waals surface area contributed by atoms with Crippen LogP contribution in [0.15, 0.2) is 6.07 Å². The van der Waals surface area contributed by atoms with Crippen LogP contribution in [-0.2, 0) is 17.4 Å². The zero-order valence-electron chi connectivity index (χ0n) is 18.1. The molecule has 0 amide bonds. The smallest absolute Gasteiger partial charge is 0.128 e. The minimum Gasteiger partial charge on any atom is -0.496 e. The molecule has 2 heteroatoms. The van der Waals surface area contributed by atoms with E-state index in [1.807, 2.05) is 13.8 Å². The molecule has 2 aliphatic rings. The lowest BCUT2D eigenvalue weighted by molar-refractivity contribution is 0.0393. The van der Waals surface area contributed by atoms with Crippen molar-refractivity contribution < 1.29 is 9.84 Å². The van der Waals surface area contributed by atoms with Gasteiger partial charge in [0.2, 0.25) is 0 Å². The van der Waals surface area contributed by atoms with Crippen molar-refractivity contribution in [3.05, 3.63) is 28.3 Å². The van der Waals surface area contributed by atoms with Crippen LogP contribution in [0, 0.1) is 11.3 Å². The van der Waals surface area contributed by atoms with Crippen molar-refractivity contribution in [1.29, 1.82) is 0 Å². The number of hydrogen-bond donors (Lipinski definition) is 1. The van der Waals surface area contributed by atoms with Gasteiger partial charge < -0.3 is 9.84 Å². The van der Waals surface area contributed by atoms with Crippen LogP contribution in [0.3, 0.4) is 0 Å². The third-order valence-electron chi connectivity index (χ3n) is 7.40. The lowest BCUT2D eigenvalue weighted by Crippen LogP contribution is -2.48. The van der Waals surface area contributed by atoms with Crippen LogP contribution in [-0.4, -0.2) is 12.2 Å². The average Bonchev–Trinajstić information content (AvgIpc) is 2.51. The molecule has 2 atom stereocenters. The van der Waals surface area contributed by atoms with Crippen molar-refractivity contribution in [1.82, 2.24) is 0 Å². The van der Waals surface area contributed by atoms with Crippen LogP contribution >= 0.6 is 0 Å². The molecule has 0 bridgehead atoms. The van der Waals surface area contributed by atoms with Crippen molar-refractivity contribution in [2.45, 2.75) is 97.5 Å². The number of methoxy groups -OCH3 is 1. The molecule has 1 aromatic rings. The number of fused-ring (bicyclic) bond motifs is 3. The summed E-state index contributed by atoms with van der Waals surface area (Å²) in [7, 11) is 1.75. The predicted molar refractivity (Wildman–Crippen MR) is 109 cm³/mol. The highest BCUT2D eigenvalue weighted by atomic mass is 16.5. The molecule has 2 nitrogen and oxygen atoms in total. The maximum absolute atomic E-state index is 10.9. The molecule has 2 unspecified atom stereocenters. The van der Waals surface area contributed by atoms with Crippen molar-refractivity contribution in [2.75, 3.05) is 7.11 Å². The molecular weight excluding hydrogens is 320 g/mol. The Bertz CT molecular complexity index is 693. The zero-order chi connectivity index (χ0) is 19.5. The second-order valence-electron chi connectivity index (χ2n) is 10.5. The molecule has 26 heavy (non-hydrogen) atoms. The standard InChI is InChI=1S/C24H38O2/c1-15(2)20-16-10-11-19-22(3,4)12-9-13-24(19,7)17(16)14-18(21(20)26-8)23(5,6)25/h14-15,19,25H,9-13H2,1-8H3. The van der Waals surface area contributed by atoms with E-state index in [2.05, 4.69) is 40.7 Å². The van der Waals surface area contributed by atoms with Gasteiger partial charge in [0.15, 0.2) is 0 Å². The van der Waals surface area contributed by atoms with Gasteiger partial charge in [-0.3, -0.25) is 0 Å². The van der Waals surface area contributed by atoms with Crippen LogP contribution in [0.1, 0.15) is 102 Å². The maximum atomic E-state index is 10.9. The Morgan fingerprint density at radius 1 is 1.19 bits per heavy atom. The zero-order valence-corrected chi connectivity index (χ0v) is 18.1. The van der Waals surface area contributed by atoms with Gasteiger partial charge in [0.1, 0.15) is 5.75 Å². The van der Waals surface area contributed by atoms with Gasteiger partial charge in [0.05, 0.1) is 12.7 Å². The van der Waals surface area contributed by atoms with Gasteiger partial charge in [-0.1, -0.05) is 41.0 Å². The molecule has 0 aliphatic heterocycles. The molecule has 1 fully saturated rings. The molecule has 0 aromatic heterocycles. The Morgan fingerprint density at radius 2 is 1.85 bits per heavy atom. The highest BCUT2D eigenvalue weighted by Gasteiger charge is 2.50. The van der Waals surface area contributed by atoms with Crippen molar-refractivity contribution in [3.8, 4) is 5.75 Å². The number of benzene rings is 1. The summed E-state index contributed by atoms with van der Waals surface area (Å²) >= 11 is 0. The fraction of sp³-hybridized carbons (Fsp3) is 0.750. The van der Waals surface area contributed by atoms with Gasteiger partial charge >= 0.3 is 0 Å². The molecule has 1 aromatic carbocycles. The van der Waals surface area contributed by atoms with Gasteiger partial charge in [-0.25, -0.2) is 0 Å². The van der Waals surface area contributed by atoms with Crippen LogP contribution in [0.2, 0.25) is 0 Å². The third kappa shape index (κ3) is 2.89. The largest absolute Gasteiger partial charge is 0.496 e. The van der Waals surface area contributed by atoms with Gasteiger partial charge in [0, 0.05) is 11.1 Å². The molecule has 2 aliphatic carbocycles. The molecule has 0 spiro atoms. The summed E-state index contributed by atoms with van der Waals surface area (Å²) in [5, 5.41) is 10.9. The fourth-order valence-corrected chi connectivity index (χ4v) is 6.23. The van der Waals surface area contributed by atoms with E-state index in [0.717, 1.165) is 17.7 Å². The van der Waals surface area contributed by atoms with Crippen molar-refractivity contribution >= 4 is 0 Å². The molecule has 1 N–H and O–H groups in total. The number of rotatable bonds is 3. The minimum absolute atomic E-state index is 0.200. The Hall–Kier alpha value is -1.02. The second-order valence-corrected chi connectivity index (χ2v) is 10.5. The summed E-state index contributed by atoms with van der Waals surface area (Å²) in [5.74, 6) is 2.00. The second kappa shape index (κ2) is 6.26. The number of aliphatic hydroxyl groups is 1. The van der Waals surface area contributed by atoms with Crippen LogP contribution in [0.5, 0.6) is 5.75 Å². The fourth-order valence-electron chi connectivity index (χ4n) is 6.23. The molecule has 0 heterocycles. The molecule has 1 saturated carbocycles. The summed E-state index contributed by atoms with van der Waals surface area (Å²) in [4.78, 5) is 0. The van der Waals surface area contributed by atoms with E-state index >= 15 is 0 Å². The molecular formula is C24H38O2. The van der Waals surface area contributed by atoms with E-state index in [1.165, 1.54) is 42.4 Å². The van der Waals surface area contributed by atoms with Crippen molar-refractivity contribution in [2.24, 2.45) is 11.3 Å². The topological polar surface area (TPSA) is 29.5 Å². The van der Waals surface area contributed by atoms with Gasteiger partial charge in [-0.05, 0) is 79.4 Å². The normalized spacial score (nSPS) is 27.8. The summed E-state index contributed by atoms with van der Waals surface area (Å²) in [6, 6.07) is 2.30. The SMILES string of the molecule is COc1c(C(C)(C)O)cc2c(c1C(C)C)CCC1C(C)(C)CCCC21C. The third-order valence-corrected chi connectivity index (χ3v) is 7.40. The molecule has 3 rings (SSSR count). The lowest BCUT2D eigenvalue weighted by atomic mass is 9.50.